The fraction of sp³-hybridized carbons (Fsp3) is 0.231. The van der Waals surface area contributed by atoms with E-state index in [1.807, 2.05) is 24.3 Å². The summed E-state index contributed by atoms with van der Waals surface area (Å²) in [5.74, 6) is -1.07. The van der Waals surface area contributed by atoms with Crippen LogP contribution in [0.5, 0.6) is 0 Å². The summed E-state index contributed by atoms with van der Waals surface area (Å²) in [4.78, 5) is 39.6. The predicted molar refractivity (Wildman–Crippen MR) is 144 cm³/mol. The van der Waals surface area contributed by atoms with Crippen molar-refractivity contribution in [3.63, 3.8) is 0 Å². The van der Waals surface area contributed by atoms with Crippen molar-refractivity contribution in [1.29, 1.82) is 0 Å². The molecule has 9 nitrogen and oxygen atoms in total. The van der Waals surface area contributed by atoms with E-state index in [9.17, 15) is 14.4 Å². The molecule has 0 bridgehead atoms. The second-order valence-corrected chi connectivity index (χ2v) is 9.40. The number of benzene rings is 2. The largest absolute Gasteiger partial charge is 0.347 e. The van der Waals surface area contributed by atoms with E-state index in [0.717, 1.165) is 30.8 Å². The van der Waals surface area contributed by atoms with E-state index < -0.39 is 5.91 Å². The van der Waals surface area contributed by atoms with Crippen molar-refractivity contribution in [2.24, 2.45) is 0 Å². The van der Waals surface area contributed by atoms with Gasteiger partial charge in [0.2, 0.25) is 5.91 Å². The first-order valence-electron chi connectivity index (χ1n) is 11.7. The maximum Gasteiger partial charge on any atom is 0.271 e. The first-order chi connectivity index (χ1) is 17.8. The van der Waals surface area contributed by atoms with Crippen LogP contribution in [0.4, 0.5) is 11.4 Å². The molecular formula is C26H26Cl2N6O3. The molecule has 0 aliphatic carbocycles. The van der Waals surface area contributed by atoms with E-state index in [2.05, 4.69) is 31.0 Å². The second kappa shape index (κ2) is 12.1. The Morgan fingerprint density at radius 1 is 1.08 bits per heavy atom. The average Bonchev–Trinajstić information content (AvgIpc) is 3.50. The van der Waals surface area contributed by atoms with E-state index >= 15 is 0 Å². The third-order valence-corrected chi connectivity index (χ3v) is 6.49. The van der Waals surface area contributed by atoms with Gasteiger partial charge in [0.25, 0.3) is 11.8 Å². The Balaban J connectivity index is 1.31. The quantitative estimate of drug-likeness (QED) is 0.314. The lowest BCUT2D eigenvalue weighted by molar-refractivity contribution is -0.111. The molecule has 3 amide bonds. The van der Waals surface area contributed by atoms with Crippen molar-refractivity contribution < 1.29 is 14.4 Å². The topological polar surface area (TPSA) is 119 Å². The molecule has 0 saturated carbocycles. The minimum Gasteiger partial charge on any atom is -0.347 e. The number of allylic oxidation sites excluding steroid dienone is 1. The third-order valence-electron chi connectivity index (χ3n) is 5.86. The maximum atomic E-state index is 12.9. The first-order valence-corrected chi connectivity index (χ1v) is 12.4. The van der Waals surface area contributed by atoms with Crippen LogP contribution in [0.2, 0.25) is 10.0 Å². The number of halogens is 2. The van der Waals surface area contributed by atoms with Gasteiger partial charge in [0.05, 0.1) is 27.5 Å². The molecule has 11 heteroatoms. The van der Waals surface area contributed by atoms with Crippen LogP contribution >= 0.6 is 23.2 Å². The molecule has 1 aromatic heterocycles. The van der Waals surface area contributed by atoms with Crippen molar-refractivity contribution in [1.82, 2.24) is 20.4 Å². The Bertz CT molecular complexity index is 1300. The lowest BCUT2D eigenvalue weighted by Crippen LogP contribution is -2.37. The van der Waals surface area contributed by atoms with E-state index in [1.165, 1.54) is 12.3 Å². The Kier molecular flexibility index (Phi) is 8.60. The summed E-state index contributed by atoms with van der Waals surface area (Å²) in [6.45, 7) is 4.01. The van der Waals surface area contributed by atoms with Gasteiger partial charge < -0.3 is 16.0 Å². The number of nitrogens with one attached hydrogen (secondary N) is 4. The van der Waals surface area contributed by atoms with Crippen LogP contribution in [0.1, 0.15) is 39.8 Å². The minimum absolute atomic E-state index is 0.0586. The summed E-state index contributed by atoms with van der Waals surface area (Å²) in [7, 11) is 0. The molecule has 2 aromatic carbocycles. The van der Waals surface area contributed by atoms with Crippen molar-refractivity contribution in [3.8, 4) is 0 Å². The van der Waals surface area contributed by atoms with Gasteiger partial charge in [-0.25, -0.2) is 0 Å². The molecule has 1 fully saturated rings. The van der Waals surface area contributed by atoms with Crippen molar-refractivity contribution in [2.45, 2.75) is 25.9 Å². The molecule has 1 atom stereocenters. The van der Waals surface area contributed by atoms with E-state index in [1.54, 1.807) is 31.2 Å². The highest BCUT2D eigenvalue weighted by molar-refractivity contribution is 6.40. The third kappa shape index (κ3) is 6.76. The van der Waals surface area contributed by atoms with Crippen molar-refractivity contribution in [3.05, 3.63) is 87.7 Å². The first kappa shape index (κ1) is 26.4. The number of nitrogens with zero attached hydrogens (tertiary/aromatic N) is 2. The Hall–Kier alpha value is -3.66. The SMILES string of the molecule is CC=CC(=O)Nc1ccc(CN2CC[C@@H](NC(=O)c3[nH]ncc3NC(=O)c3c(Cl)cccc3Cl)C2)cc1. The normalized spacial score (nSPS) is 15.6. The van der Waals surface area contributed by atoms with Crippen LogP contribution in [0.25, 0.3) is 0 Å². The van der Waals surface area contributed by atoms with Crippen LogP contribution < -0.4 is 16.0 Å². The Morgan fingerprint density at radius 2 is 1.81 bits per heavy atom. The van der Waals surface area contributed by atoms with Gasteiger partial charge >= 0.3 is 0 Å². The van der Waals surface area contributed by atoms with Crippen LogP contribution in [0.3, 0.4) is 0 Å². The van der Waals surface area contributed by atoms with Gasteiger partial charge in [-0.3, -0.25) is 24.4 Å². The molecule has 192 valence electrons. The zero-order valence-electron chi connectivity index (χ0n) is 20.1. The fourth-order valence-electron chi connectivity index (χ4n) is 4.09. The molecule has 3 aromatic rings. The lowest BCUT2D eigenvalue weighted by Gasteiger charge is -2.17. The molecule has 0 spiro atoms. The summed E-state index contributed by atoms with van der Waals surface area (Å²) in [6.07, 6.45) is 5.31. The van der Waals surface area contributed by atoms with Crippen LogP contribution in [-0.2, 0) is 11.3 Å². The molecule has 1 saturated heterocycles. The molecule has 1 aliphatic heterocycles. The zero-order valence-corrected chi connectivity index (χ0v) is 21.6. The number of aromatic nitrogens is 2. The Labute approximate surface area is 224 Å². The number of hydrogen-bond acceptors (Lipinski definition) is 5. The standard InChI is InChI=1S/C26H26Cl2N6O3/c1-2-4-22(35)30-17-9-7-16(8-10-17)14-34-12-11-18(15-34)31-26(37)24-21(13-29-33-24)32-25(36)23-19(27)5-3-6-20(23)28/h2-10,13,18H,11-12,14-15H2,1H3,(H,29,33)(H,30,35)(H,31,37)(H,32,36)/t18-/m1/s1. The van der Waals surface area contributed by atoms with Gasteiger partial charge in [0, 0.05) is 31.4 Å². The van der Waals surface area contributed by atoms with E-state index in [4.69, 9.17) is 23.2 Å². The summed E-state index contributed by atoms with van der Waals surface area (Å²) >= 11 is 12.2. The van der Waals surface area contributed by atoms with E-state index in [0.29, 0.717) is 6.54 Å². The monoisotopic (exact) mass is 540 g/mol. The average molecular weight is 541 g/mol. The fourth-order valence-corrected chi connectivity index (χ4v) is 4.66. The highest BCUT2D eigenvalue weighted by atomic mass is 35.5. The maximum absolute atomic E-state index is 12.9. The minimum atomic E-state index is -0.537. The molecular weight excluding hydrogens is 515 g/mol. The molecule has 1 aliphatic rings. The molecule has 37 heavy (non-hydrogen) atoms. The van der Waals surface area contributed by atoms with Crippen LogP contribution in [-0.4, -0.2) is 52.0 Å². The van der Waals surface area contributed by atoms with Gasteiger partial charge in [-0.2, -0.15) is 5.10 Å². The molecule has 4 N–H and O–H groups in total. The molecule has 0 unspecified atom stereocenters. The number of hydrogen-bond donors (Lipinski definition) is 4. The highest BCUT2D eigenvalue weighted by Gasteiger charge is 2.26. The summed E-state index contributed by atoms with van der Waals surface area (Å²) in [5, 5.41) is 15.4. The number of H-pyrrole nitrogens is 1. The highest BCUT2D eigenvalue weighted by Crippen LogP contribution is 2.26. The smallest absolute Gasteiger partial charge is 0.271 e. The van der Waals surface area contributed by atoms with Crippen LogP contribution in [0, 0.1) is 0 Å². The zero-order chi connectivity index (χ0) is 26.4. The van der Waals surface area contributed by atoms with Gasteiger partial charge in [-0.1, -0.05) is 47.5 Å². The van der Waals surface area contributed by atoms with Crippen LogP contribution in [0.15, 0.2) is 60.8 Å². The van der Waals surface area contributed by atoms with E-state index in [-0.39, 0.29) is 44.8 Å². The lowest BCUT2D eigenvalue weighted by atomic mass is 10.2. The Morgan fingerprint density at radius 3 is 2.51 bits per heavy atom. The number of aromatic amines is 1. The second-order valence-electron chi connectivity index (χ2n) is 8.59. The summed E-state index contributed by atoms with van der Waals surface area (Å²) in [6, 6.07) is 12.4. The molecule has 2 heterocycles. The van der Waals surface area contributed by atoms with Gasteiger partial charge in [0.1, 0.15) is 5.69 Å². The number of amides is 3. The van der Waals surface area contributed by atoms with Crippen molar-refractivity contribution in [2.75, 3.05) is 23.7 Å². The van der Waals surface area contributed by atoms with Gasteiger partial charge in [-0.05, 0) is 49.2 Å². The van der Waals surface area contributed by atoms with Gasteiger partial charge in [-0.15, -0.1) is 0 Å². The summed E-state index contributed by atoms with van der Waals surface area (Å²) in [5.41, 5.74) is 2.34. The predicted octanol–water partition coefficient (Wildman–Crippen LogP) is 4.49. The van der Waals surface area contributed by atoms with Crippen molar-refractivity contribution >= 4 is 52.3 Å². The summed E-state index contributed by atoms with van der Waals surface area (Å²) < 4.78 is 0. The number of rotatable bonds is 8. The van der Waals surface area contributed by atoms with Gasteiger partial charge in [0.15, 0.2) is 0 Å². The number of carbonyl (C=O) groups excluding carboxylic acids is 3. The number of anilines is 2. The molecule has 0 radical (unpaired) electrons. The number of carbonyl (C=O) groups is 3. The molecule has 4 rings (SSSR count). The number of likely N-dealkylation sites (tertiary alicyclic amines) is 1.